The fraction of sp³-hybridized carbons (Fsp3) is 0.120. The molecule has 8 heteroatoms. The number of carbonyl (C=O) groups is 1. The molecule has 0 aliphatic carbocycles. The molecule has 2 unspecified atom stereocenters. The van der Waals surface area contributed by atoms with Crippen LogP contribution < -0.4 is 19.9 Å². The lowest BCUT2D eigenvalue weighted by atomic mass is 9.83. The van der Waals surface area contributed by atoms with E-state index in [1.54, 1.807) is 30.3 Å². The number of esters is 1. The fourth-order valence-electron chi connectivity index (χ4n) is 3.51. The van der Waals surface area contributed by atoms with Gasteiger partial charge in [0.05, 0.1) is 5.92 Å². The van der Waals surface area contributed by atoms with Gasteiger partial charge in [-0.05, 0) is 31.2 Å². The number of benzene rings is 3. The van der Waals surface area contributed by atoms with Gasteiger partial charge in [0.15, 0.2) is 17.7 Å². The van der Waals surface area contributed by atoms with E-state index < -0.39 is 29.6 Å². The molecular formula is C25H18F2N2O4. The Morgan fingerprint density at radius 2 is 1.76 bits per heavy atom. The Hall–Kier alpha value is -4.38. The maximum Gasteiger partial charge on any atom is 0.352 e. The van der Waals surface area contributed by atoms with Gasteiger partial charge in [0, 0.05) is 17.2 Å². The van der Waals surface area contributed by atoms with E-state index in [0.717, 1.165) is 0 Å². The largest absolute Gasteiger partial charge is 0.476 e. The van der Waals surface area contributed by atoms with E-state index in [1.807, 2.05) is 6.07 Å². The van der Waals surface area contributed by atoms with E-state index in [0.29, 0.717) is 5.56 Å². The summed E-state index contributed by atoms with van der Waals surface area (Å²) >= 11 is 0. The Bertz CT molecular complexity index is 1300. The molecule has 0 aromatic heterocycles. The highest BCUT2D eigenvalue weighted by Crippen LogP contribution is 2.44. The lowest BCUT2D eigenvalue weighted by molar-refractivity contribution is -0.141. The van der Waals surface area contributed by atoms with Crippen LogP contribution in [0.5, 0.6) is 17.2 Å². The average Bonchev–Trinajstić information content (AvgIpc) is 2.80. The minimum absolute atomic E-state index is 0.0734. The van der Waals surface area contributed by atoms with Gasteiger partial charge in [0.1, 0.15) is 29.0 Å². The third kappa shape index (κ3) is 4.34. The van der Waals surface area contributed by atoms with Crippen molar-refractivity contribution in [1.82, 2.24) is 0 Å². The first-order valence-corrected chi connectivity index (χ1v) is 9.98. The van der Waals surface area contributed by atoms with Gasteiger partial charge < -0.3 is 19.9 Å². The summed E-state index contributed by atoms with van der Waals surface area (Å²) in [6.45, 7) is 1.43. The number of rotatable bonds is 5. The third-order valence-electron chi connectivity index (χ3n) is 5.10. The SMILES string of the molecule is CC(Oc1ccccc1F)C(=O)Oc1ccc2c(c1)OC(N)=C(C#N)C2c1ccccc1F. The van der Waals surface area contributed by atoms with Gasteiger partial charge in [-0.25, -0.2) is 13.6 Å². The molecule has 0 amide bonds. The van der Waals surface area contributed by atoms with Crippen LogP contribution in [0.1, 0.15) is 24.0 Å². The maximum absolute atomic E-state index is 14.5. The first-order valence-electron chi connectivity index (χ1n) is 9.98. The normalized spacial score (nSPS) is 15.6. The first kappa shape index (κ1) is 21.8. The highest BCUT2D eigenvalue weighted by molar-refractivity contribution is 5.77. The van der Waals surface area contributed by atoms with E-state index in [2.05, 4.69) is 0 Å². The number of nitrogens with two attached hydrogens (primary N) is 1. The van der Waals surface area contributed by atoms with Gasteiger partial charge in [-0.3, -0.25) is 0 Å². The fourth-order valence-corrected chi connectivity index (χ4v) is 3.51. The van der Waals surface area contributed by atoms with Gasteiger partial charge in [-0.1, -0.05) is 36.4 Å². The van der Waals surface area contributed by atoms with Crippen molar-refractivity contribution >= 4 is 5.97 Å². The number of fused-ring (bicyclic) bond motifs is 1. The van der Waals surface area contributed by atoms with Crippen molar-refractivity contribution in [3.63, 3.8) is 0 Å². The van der Waals surface area contributed by atoms with Crippen LogP contribution in [-0.2, 0) is 4.79 Å². The predicted octanol–water partition coefficient (Wildman–Crippen LogP) is 4.56. The molecule has 3 aromatic rings. The quantitative estimate of drug-likeness (QED) is 0.454. The van der Waals surface area contributed by atoms with Crippen molar-refractivity contribution < 1.29 is 27.8 Å². The van der Waals surface area contributed by atoms with Crippen LogP contribution in [-0.4, -0.2) is 12.1 Å². The molecule has 1 aliphatic rings. The van der Waals surface area contributed by atoms with Crippen LogP contribution in [0.4, 0.5) is 8.78 Å². The van der Waals surface area contributed by atoms with Gasteiger partial charge in [-0.2, -0.15) is 5.26 Å². The Labute approximate surface area is 188 Å². The molecule has 2 N–H and O–H groups in total. The standard InChI is InChI=1S/C25H18F2N2O4/c1-14(31-21-9-5-4-8-20(21)27)25(30)32-15-10-11-17-22(12-15)33-24(29)18(13-28)23(17)16-6-2-3-7-19(16)26/h2-12,14,23H,29H2,1H3. The van der Waals surface area contributed by atoms with E-state index in [-0.39, 0.29) is 34.3 Å². The third-order valence-corrected chi connectivity index (χ3v) is 5.10. The Balaban J connectivity index is 1.60. The molecule has 0 fully saturated rings. The van der Waals surface area contributed by atoms with E-state index in [1.165, 1.54) is 43.3 Å². The average molecular weight is 448 g/mol. The van der Waals surface area contributed by atoms with Gasteiger partial charge in [0.2, 0.25) is 5.88 Å². The van der Waals surface area contributed by atoms with Crippen LogP contribution in [0.25, 0.3) is 0 Å². The number of hydrogen-bond donors (Lipinski definition) is 1. The number of carbonyl (C=O) groups excluding carboxylic acids is 1. The Kier molecular flexibility index (Phi) is 5.96. The topological polar surface area (TPSA) is 94.6 Å². The molecule has 2 atom stereocenters. The summed E-state index contributed by atoms with van der Waals surface area (Å²) in [6.07, 6.45) is -1.10. The molecule has 0 bridgehead atoms. The predicted molar refractivity (Wildman–Crippen MR) is 114 cm³/mol. The van der Waals surface area contributed by atoms with E-state index in [4.69, 9.17) is 19.9 Å². The molecular weight excluding hydrogens is 430 g/mol. The monoisotopic (exact) mass is 448 g/mol. The molecule has 6 nitrogen and oxygen atoms in total. The number of ether oxygens (including phenoxy) is 3. The van der Waals surface area contributed by atoms with Crippen molar-refractivity contribution in [3.05, 3.63) is 101 Å². The molecule has 0 saturated carbocycles. The summed E-state index contributed by atoms with van der Waals surface area (Å²) in [5.74, 6) is -2.56. The second-order valence-electron chi connectivity index (χ2n) is 7.26. The molecule has 0 radical (unpaired) electrons. The highest BCUT2D eigenvalue weighted by atomic mass is 19.1. The van der Waals surface area contributed by atoms with Crippen LogP contribution >= 0.6 is 0 Å². The zero-order valence-corrected chi connectivity index (χ0v) is 17.4. The van der Waals surface area contributed by atoms with Crippen LogP contribution in [0.15, 0.2) is 78.2 Å². The summed E-state index contributed by atoms with van der Waals surface area (Å²) in [7, 11) is 0. The molecule has 3 aromatic carbocycles. The molecule has 33 heavy (non-hydrogen) atoms. The van der Waals surface area contributed by atoms with Gasteiger partial charge >= 0.3 is 5.97 Å². The van der Waals surface area contributed by atoms with Crippen LogP contribution in [0.3, 0.4) is 0 Å². The van der Waals surface area contributed by atoms with E-state index >= 15 is 0 Å². The van der Waals surface area contributed by atoms with Crippen LogP contribution in [0.2, 0.25) is 0 Å². The van der Waals surface area contributed by atoms with Crippen molar-refractivity contribution in [3.8, 4) is 23.3 Å². The highest BCUT2D eigenvalue weighted by Gasteiger charge is 2.32. The van der Waals surface area contributed by atoms with Crippen molar-refractivity contribution in [2.75, 3.05) is 0 Å². The summed E-state index contributed by atoms with van der Waals surface area (Å²) < 4.78 is 44.5. The number of nitriles is 1. The van der Waals surface area contributed by atoms with Crippen molar-refractivity contribution in [1.29, 1.82) is 5.26 Å². The van der Waals surface area contributed by atoms with Gasteiger partial charge in [-0.15, -0.1) is 0 Å². The lowest BCUT2D eigenvalue weighted by Gasteiger charge is -2.27. The molecule has 1 aliphatic heterocycles. The minimum Gasteiger partial charge on any atom is -0.476 e. The smallest absolute Gasteiger partial charge is 0.352 e. The lowest BCUT2D eigenvalue weighted by Crippen LogP contribution is -2.29. The summed E-state index contributed by atoms with van der Waals surface area (Å²) in [5, 5.41) is 9.58. The number of halogens is 2. The molecule has 1 heterocycles. The molecule has 4 rings (SSSR count). The second-order valence-corrected chi connectivity index (χ2v) is 7.26. The molecule has 0 spiro atoms. The number of nitrogens with zero attached hydrogens (tertiary/aromatic N) is 1. The Morgan fingerprint density at radius 3 is 2.45 bits per heavy atom. The first-order chi connectivity index (χ1) is 15.9. The minimum atomic E-state index is -1.10. The summed E-state index contributed by atoms with van der Waals surface area (Å²) in [5.41, 5.74) is 6.75. The molecule has 0 saturated heterocycles. The summed E-state index contributed by atoms with van der Waals surface area (Å²) in [4.78, 5) is 12.5. The Morgan fingerprint density at radius 1 is 1.06 bits per heavy atom. The van der Waals surface area contributed by atoms with E-state index in [9.17, 15) is 18.8 Å². The number of hydrogen-bond acceptors (Lipinski definition) is 6. The zero-order chi connectivity index (χ0) is 23.5. The number of para-hydroxylation sites is 1. The second kappa shape index (κ2) is 9.01. The zero-order valence-electron chi connectivity index (χ0n) is 17.4. The molecule has 166 valence electrons. The van der Waals surface area contributed by atoms with Crippen molar-refractivity contribution in [2.24, 2.45) is 5.73 Å². The van der Waals surface area contributed by atoms with Gasteiger partial charge in [0.25, 0.3) is 0 Å². The maximum atomic E-state index is 14.5. The summed E-state index contributed by atoms with van der Waals surface area (Å²) in [6, 6.07) is 18.2. The van der Waals surface area contributed by atoms with Crippen LogP contribution in [0, 0.1) is 23.0 Å². The number of allylic oxidation sites excluding steroid dienone is 1. The van der Waals surface area contributed by atoms with Crippen molar-refractivity contribution in [2.45, 2.75) is 18.9 Å².